The Bertz CT molecular complexity index is 3200. The van der Waals surface area contributed by atoms with E-state index in [0.29, 0.717) is 0 Å². The lowest BCUT2D eigenvalue weighted by Crippen LogP contribution is -2.64. The normalized spacial score (nSPS) is 27.1. The molecule has 29 heteroatoms. The van der Waals surface area contributed by atoms with Crippen molar-refractivity contribution < 1.29 is 142 Å². The smallest absolute Gasteiger partial charge is 0.402 e. The van der Waals surface area contributed by atoms with Crippen LogP contribution in [0.4, 0.5) is 0 Å². The van der Waals surface area contributed by atoms with Crippen molar-refractivity contribution in [1.82, 2.24) is 0 Å². The first-order chi connectivity index (χ1) is 40.0. The molecule has 84 heavy (non-hydrogen) atoms. The van der Waals surface area contributed by atoms with Crippen molar-refractivity contribution in [2.24, 2.45) is 0 Å². The molecule has 0 radical (unpaired) electrons. The number of carbonyl (C=O) groups is 3. The van der Waals surface area contributed by atoms with Gasteiger partial charge >= 0.3 is 29.3 Å². The van der Waals surface area contributed by atoms with Crippen LogP contribution in [0.5, 0.6) is 57.5 Å². The maximum atomic E-state index is 13.5. The van der Waals surface area contributed by atoms with Crippen LogP contribution in [-0.4, -0.2) is 216 Å². The van der Waals surface area contributed by atoms with E-state index in [9.17, 15) is 80.8 Å². The number of carboxylic acids is 1. The second-order valence-electron chi connectivity index (χ2n) is 19.1. The van der Waals surface area contributed by atoms with Crippen LogP contribution in [0.3, 0.4) is 0 Å². The molecule has 3 aliphatic rings. The number of aliphatic hydroxyl groups excluding tert-OH is 7. The summed E-state index contributed by atoms with van der Waals surface area (Å²) in [5.41, 5.74) is 0.218. The van der Waals surface area contributed by atoms with Gasteiger partial charge in [0.25, 0.3) is 0 Å². The van der Waals surface area contributed by atoms with Gasteiger partial charge in [0.1, 0.15) is 78.4 Å². The molecule has 0 aliphatic carbocycles. The topological polar surface area (TPSA) is 447 Å². The van der Waals surface area contributed by atoms with Crippen LogP contribution in [0.25, 0.3) is 34.4 Å². The summed E-state index contributed by atoms with van der Waals surface area (Å²) in [5, 5.41) is 149. The van der Waals surface area contributed by atoms with E-state index in [1.807, 2.05) is 0 Å². The zero-order valence-corrected chi connectivity index (χ0v) is 44.2. The maximum absolute atomic E-state index is 13.5. The number of fused-ring (bicyclic) bond motifs is 1. The predicted molar refractivity (Wildman–Crippen MR) is 279 cm³/mol. The Kier molecular flexibility index (Phi) is 19.8. The summed E-state index contributed by atoms with van der Waals surface area (Å²) in [7, 11) is 2.55. The Hall–Kier alpha value is -8.30. The molecule has 8 rings (SSSR count). The number of carboxylic acid groups (broad SMARTS) is 1. The second kappa shape index (κ2) is 27.0. The summed E-state index contributed by atoms with van der Waals surface area (Å²) in [6.07, 6.45) is -22.7. The first kappa shape index (κ1) is 61.8. The fraction of sp³-hybridized carbons (Fsp3) is 0.382. The van der Waals surface area contributed by atoms with Crippen molar-refractivity contribution in [2.45, 2.75) is 92.4 Å². The lowest BCUT2D eigenvalue weighted by molar-refractivity contribution is -0.345. The number of phenols is 6. The zero-order valence-electron chi connectivity index (χ0n) is 44.2. The van der Waals surface area contributed by atoms with Gasteiger partial charge in [0.2, 0.25) is 24.1 Å². The summed E-state index contributed by atoms with van der Waals surface area (Å²) in [5.74, 6) is -7.67. The van der Waals surface area contributed by atoms with Gasteiger partial charge in [-0.15, -0.1) is 0 Å². The summed E-state index contributed by atoms with van der Waals surface area (Å²) in [6.45, 7) is -2.31. The molecule has 14 atom stereocenters. The minimum atomic E-state index is -2.17. The Balaban J connectivity index is 1.16. The van der Waals surface area contributed by atoms with Gasteiger partial charge in [-0.3, -0.25) is 4.79 Å². The Morgan fingerprint density at radius 1 is 0.607 bits per heavy atom. The first-order valence-electron chi connectivity index (χ1n) is 25.4. The van der Waals surface area contributed by atoms with Crippen molar-refractivity contribution in [3.8, 4) is 68.8 Å². The van der Waals surface area contributed by atoms with E-state index in [2.05, 4.69) is 0 Å². The van der Waals surface area contributed by atoms with E-state index in [1.54, 1.807) is 0 Å². The molecule has 3 saturated heterocycles. The highest BCUT2D eigenvalue weighted by Crippen LogP contribution is 2.44. The molecule has 3 fully saturated rings. The third kappa shape index (κ3) is 14.4. The fourth-order valence-electron chi connectivity index (χ4n) is 8.80. The molecular formula is C55H59O29+. The number of hydrogen-bond acceptors (Lipinski definition) is 27. The van der Waals surface area contributed by atoms with E-state index in [4.69, 9.17) is 61.6 Å². The van der Waals surface area contributed by atoms with Crippen molar-refractivity contribution in [2.75, 3.05) is 40.6 Å². The molecule has 0 unspecified atom stereocenters. The summed E-state index contributed by atoms with van der Waals surface area (Å²) in [4.78, 5) is 37.6. The number of hydrogen-bond donors (Lipinski definition) is 14. The average molecular weight is 1180 g/mol. The summed E-state index contributed by atoms with van der Waals surface area (Å²) < 4.78 is 69.2. The molecule has 452 valence electrons. The molecular weight excluding hydrogens is 1120 g/mol. The minimum absolute atomic E-state index is 0.0183. The molecule has 0 spiro atoms. The highest BCUT2D eigenvalue weighted by Gasteiger charge is 2.52. The molecule has 0 saturated carbocycles. The molecule has 14 N–H and O–H groups in total. The van der Waals surface area contributed by atoms with Gasteiger partial charge < -0.3 is 124 Å². The summed E-state index contributed by atoms with van der Waals surface area (Å²) in [6, 6.07) is 13.0. The third-order valence-corrected chi connectivity index (χ3v) is 13.3. The van der Waals surface area contributed by atoms with Crippen LogP contribution in [0.15, 0.2) is 83.3 Å². The summed E-state index contributed by atoms with van der Waals surface area (Å²) >= 11 is 0. The van der Waals surface area contributed by atoms with Crippen LogP contribution in [0.2, 0.25) is 0 Å². The monoisotopic (exact) mass is 1180 g/mol. The molecule has 0 amide bonds. The minimum Gasteiger partial charge on any atom is -0.507 e. The van der Waals surface area contributed by atoms with Crippen LogP contribution < -0.4 is 18.9 Å². The number of aliphatic hydroxyl groups is 7. The highest BCUT2D eigenvalue weighted by molar-refractivity contribution is 5.90. The molecule has 29 nitrogen and oxygen atoms in total. The Morgan fingerprint density at radius 2 is 1.24 bits per heavy atom. The van der Waals surface area contributed by atoms with Crippen LogP contribution >= 0.6 is 0 Å². The van der Waals surface area contributed by atoms with Gasteiger partial charge in [-0.05, 0) is 59.7 Å². The van der Waals surface area contributed by atoms with Crippen molar-refractivity contribution in [3.63, 3.8) is 0 Å². The van der Waals surface area contributed by atoms with Crippen molar-refractivity contribution in [3.05, 3.63) is 90.0 Å². The molecule has 5 aromatic rings. The number of phenolic OH excluding ortho intramolecular Hbond substituents is 6. The standard InChI is InChI=1S/C55H58O29/c1-73-35-14-24(15-36(74-2)44(35)67)5-10-42(65)83-51-43(66)32(61)20-77-54(51)84-52-48(71)46(69)39(22-76-41(64)9-4-23-3-7-28(57)30(59)13-23)82-55(52)80-37-19-27-33(78-50(37)25-6-8-29(58)31(60)16-25)17-26(56)18-34(27)79-53-49(72)47(70)45(68)38(81-53)21-75-12-11-40(62)63/h3-10,13-19,32,38-39,43,45-49,51-55,61,66,68-72H,11-12,20-22H2,1-2H3,(H6-,56,57,58,59,60,62,63,64,65,67)/p+1/t32-,38-,39-,43+,45-,46-,47+,48+,49-,51-,52-,53-,54+,55-/m1/s1. The van der Waals surface area contributed by atoms with Gasteiger partial charge in [-0.1, -0.05) is 6.07 Å². The second-order valence-corrected chi connectivity index (χ2v) is 19.1. The van der Waals surface area contributed by atoms with E-state index >= 15 is 0 Å². The molecule has 4 aromatic carbocycles. The quantitative estimate of drug-likeness (QED) is 0.0156. The van der Waals surface area contributed by atoms with E-state index in [-0.39, 0.29) is 63.0 Å². The van der Waals surface area contributed by atoms with Crippen molar-refractivity contribution in [1.29, 1.82) is 0 Å². The number of aliphatic carboxylic acids is 1. The Labute approximate surface area is 474 Å². The van der Waals surface area contributed by atoms with Gasteiger partial charge in [0, 0.05) is 30.4 Å². The van der Waals surface area contributed by atoms with Gasteiger partial charge in [-0.2, -0.15) is 0 Å². The lowest BCUT2D eigenvalue weighted by atomic mass is 9.98. The maximum Gasteiger partial charge on any atom is 0.402 e. The highest BCUT2D eigenvalue weighted by atomic mass is 16.8. The van der Waals surface area contributed by atoms with Crippen LogP contribution in [-0.2, 0) is 47.5 Å². The van der Waals surface area contributed by atoms with Gasteiger partial charge in [0.05, 0.1) is 52.1 Å². The molecule has 4 heterocycles. The lowest BCUT2D eigenvalue weighted by Gasteiger charge is -2.45. The number of esters is 2. The van der Waals surface area contributed by atoms with Crippen LogP contribution in [0.1, 0.15) is 17.5 Å². The zero-order chi connectivity index (χ0) is 60.7. The van der Waals surface area contributed by atoms with Gasteiger partial charge in [-0.25, -0.2) is 14.0 Å². The third-order valence-electron chi connectivity index (χ3n) is 13.3. The fourth-order valence-corrected chi connectivity index (χ4v) is 8.80. The Morgan fingerprint density at radius 3 is 1.92 bits per heavy atom. The van der Waals surface area contributed by atoms with Crippen molar-refractivity contribution >= 4 is 41.0 Å². The molecule has 3 aliphatic heterocycles. The SMILES string of the molecule is COc1cc(C=CC(=O)O[C@H]2[C@H](O[C@H]3[C@H](Oc4cc5c(O[C@@H]6O[C@H](COCCC(=O)O)[C@@H](O)[C@H](O)[C@H]6O)cc(O)cc5[o+]c4-c4ccc(O)c(O)c4)O[C@H](COC(=O)C=Cc4ccc(O)c(O)c4)[C@@H](O)[C@@H]3O)OC[C@@H](O)[C@@H]2O)cc(OC)c1O. The number of benzene rings is 4. The molecule has 1 aromatic heterocycles. The predicted octanol–water partition coefficient (Wildman–Crippen LogP) is 0.480. The number of carbonyl (C=O) groups excluding carboxylic acids is 2. The number of methoxy groups -OCH3 is 2. The average Bonchev–Trinajstić information content (AvgIpc) is 1.20. The van der Waals surface area contributed by atoms with Crippen LogP contribution in [0, 0.1) is 0 Å². The van der Waals surface area contributed by atoms with E-state index in [1.165, 1.54) is 56.7 Å². The van der Waals surface area contributed by atoms with Gasteiger partial charge in [0.15, 0.2) is 53.0 Å². The largest absolute Gasteiger partial charge is 0.507 e. The number of aromatic hydroxyl groups is 6. The van der Waals surface area contributed by atoms with E-state index < -0.39 is 165 Å². The first-order valence-corrected chi connectivity index (χ1v) is 25.4. The number of ether oxygens (including phenoxy) is 11. The number of rotatable bonds is 21. The van der Waals surface area contributed by atoms with E-state index in [0.717, 1.165) is 48.6 Å². The molecule has 0 bridgehead atoms.